The predicted molar refractivity (Wildman–Crippen MR) is 72.3 cm³/mol. The molecule has 1 heterocycles. The maximum absolute atomic E-state index is 11.6. The molecule has 0 saturated heterocycles. The first-order valence-electron chi connectivity index (χ1n) is 5.83. The van der Waals surface area contributed by atoms with Gasteiger partial charge in [0.1, 0.15) is 0 Å². The van der Waals surface area contributed by atoms with Crippen molar-refractivity contribution in [2.24, 2.45) is 0 Å². The van der Waals surface area contributed by atoms with Gasteiger partial charge in [-0.15, -0.1) is 0 Å². The van der Waals surface area contributed by atoms with Crippen LogP contribution in [0.5, 0.6) is 0 Å². The summed E-state index contributed by atoms with van der Waals surface area (Å²) < 4.78 is 0. The van der Waals surface area contributed by atoms with Crippen LogP contribution in [0.1, 0.15) is 6.92 Å². The smallest absolute Gasteiger partial charge is 0.241 e. The van der Waals surface area contributed by atoms with Crippen LogP contribution >= 0.6 is 0 Å². The normalized spacial score (nSPS) is 10.6. The zero-order valence-electron chi connectivity index (χ0n) is 10.5. The molecule has 0 spiro atoms. The molecule has 2 aromatic rings. The fraction of sp³-hybridized carbons (Fsp3) is 0.333. The number of nitrogens with one attached hydrogen (secondary N) is 2. The number of fused-ring (bicyclic) bond motifs is 1. The van der Waals surface area contributed by atoms with E-state index >= 15 is 0 Å². The third kappa shape index (κ3) is 2.53. The number of carbonyl (C=O) groups is 1. The van der Waals surface area contributed by atoms with Crippen molar-refractivity contribution < 1.29 is 4.79 Å². The quantitative estimate of drug-likeness (QED) is 0.704. The van der Waals surface area contributed by atoms with Gasteiger partial charge in [0.05, 0.1) is 17.6 Å². The van der Waals surface area contributed by atoms with Gasteiger partial charge in [-0.3, -0.25) is 4.79 Å². The van der Waals surface area contributed by atoms with Crippen molar-refractivity contribution in [3.05, 3.63) is 18.2 Å². The number of nitrogens with zero attached hydrogens (tertiary/aromatic N) is 2. The number of amides is 1. The van der Waals surface area contributed by atoms with Crippen LogP contribution in [0.25, 0.3) is 11.0 Å². The third-order valence-corrected chi connectivity index (χ3v) is 2.81. The minimum absolute atomic E-state index is 0.0254. The first-order valence-corrected chi connectivity index (χ1v) is 5.83. The molecule has 4 N–H and O–H groups in total. The first kappa shape index (κ1) is 12.2. The molecular weight excluding hydrogens is 230 g/mol. The number of likely N-dealkylation sites (N-methyl/N-ethyl adjacent to an activating group) is 1. The van der Waals surface area contributed by atoms with Gasteiger partial charge in [-0.2, -0.15) is 0 Å². The molecule has 6 heteroatoms. The summed E-state index contributed by atoms with van der Waals surface area (Å²) >= 11 is 0. The third-order valence-electron chi connectivity index (χ3n) is 2.81. The van der Waals surface area contributed by atoms with Gasteiger partial charge in [0.15, 0.2) is 0 Å². The summed E-state index contributed by atoms with van der Waals surface area (Å²) in [5.41, 5.74) is 8.04. The van der Waals surface area contributed by atoms with Gasteiger partial charge in [0, 0.05) is 19.3 Å². The van der Waals surface area contributed by atoms with E-state index in [1.54, 1.807) is 18.0 Å². The van der Waals surface area contributed by atoms with Crippen LogP contribution < -0.4 is 11.1 Å². The first-order chi connectivity index (χ1) is 8.60. The Kier molecular flexibility index (Phi) is 3.36. The Bertz CT molecular complexity index is 563. The van der Waals surface area contributed by atoms with E-state index in [0.29, 0.717) is 18.2 Å². The summed E-state index contributed by atoms with van der Waals surface area (Å²) in [7, 11) is 1.77. The minimum Gasteiger partial charge on any atom is -0.399 e. The Morgan fingerprint density at radius 1 is 1.56 bits per heavy atom. The number of nitrogen functional groups attached to an aromatic ring is 1. The lowest BCUT2D eigenvalue weighted by atomic mass is 10.3. The highest BCUT2D eigenvalue weighted by Gasteiger charge is 2.08. The van der Waals surface area contributed by atoms with Crippen molar-refractivity contribution in [3.63, 3.8) is 0 Å². The summed E-state index contributed by atoms with van der Waals surface area (Å²) in [6.07, 6.45) is 0. The van der Waals surface area contributed by atoms with Crippen LogP contribution in [0.3, 0.4) is 0 Å². The fourth-order valence-corrected chi connectivity index (χ4v) is 1.58. The molecule has 0 aliphatic heterocycles. The summed E-state index contributed by atoms with van der Waals surface area (Å²) in [6, 6.07) is 5.45. The number of H-pyrrole nitrogens is 1. The molecule has 1 aromatic heterocycles. The molecule has 0 aliphatic rings. The van der Waals surface area contributed by atoms with E-state index in [4.69, 9.17) is 5.73 Å². The average molecular weight is 247 g/mol. The molecule has 18 heavy (non-hydrogen) atoms. The molecule has 1 aromatic carbocycles. The molecule has 2 rings (SSSR count). The summed E-state index contributed by atoms with van der Waals surface area (Å²) in [5.74, 6) is 0.603. The van der Waals surface area contributed by atoms with Crippen molar-refractivity contribution in [2.75, 3.05) is 31.2 Å². The number of hydrogen-bond acceptors (Lipinski definition) is 4. The molecule has 0 aliphatic carbocycles. The standard InChI is InChI=1S/C12H17N5O/c1-3-17(2)11(18)7-14-12-15-9-5-4-8(13)6-10(9)16-12/h4-6H,3,7,13H2,1-2H3,(H2,14,15,16). The lowest BCUT2D eigenvalue weighted by molar-refractivity contribution is -0.127. The van der Waals surface area contributed by atoms with Gasteiger partial charge >= 0.3 is 0 Å². The van der Waals surface area contributed by atoms with Crippen molar-refractivity contribution in [3.8, 4) is 0 Å². The Labute approximate surface area is 105 Å². The van der Waals surface area contributed by atoms with E-state index in [1.807, 2.05) is 19.1 Å². The number of aromatic nitrogens is 2. The van der Waals surface area contributed by atoms with Crippen LogP contribution in [0.15, 0.2) is 18.2 Å². The number of aromatic amines is 1. The molecule has 96 valence electrons. The van der Waals surface area contributed by atoms with Gasteiger partial charge < -0.3 is 20.9 Å². The SMILES string of the molecule is CCN(C)C(=O)CNc1nc2ccc(N)cc2[nH]1. The molecule has 0 bridgehead atoms. The second kappa shape index (κ2) is 4.95. The second-order valence-corrected chi connectivity index (χ2v) is 4.12. The fourth-order valence-electron chi connectivity index (χ4n) is 1.58. The molecule has 0 saturated carbocycles. The molecule has 0 radical (unpaired) electrons. The second-order valence-electron chi connectivity index (χ2n) is 4.12. The molecule has 1 amide bonds. The number of nitrogens with two attached hydrogens (primary N) is 1. The molecule has 6 nitrogen and oxygen atoms in total. The average Bonchev–Trinajstić information content (AvgIpc) is 2.76. The molecule has 0 fully saturated rings. The van der Waals surface area contributed by atoms with Crippen molar-refractivity contribution in [1.82, 2.24) is 14.9 Å². The van der Waals surface area contributed by atoms with Crippen LogP contribution in [0.4, 0.5) is 11.6 Å². The van der Waals surface area contributed by atoms with Gasteiger partial charge in [0.25, 0.3) is 0 Å². The summed E-state index contributed by atoms with van der Waals surface area (Å²) in [4.78, 5) is 20.7. The topological polar surface area (TPSA) is 87.0 Å². The van der Waals surface area contributed by atoms with Crippen molar-refractivity contribution >= 4 is 28.6 Å². The van der Waals surface area contributed by atoms with E-state index in [-0.39, 0.29) is 12.5 Å². The molecule has 0 atom stereocenters. The van der Waals surface area contributed by atoms with E-state index in [0.717, 1.165) is 11.0 Å². The highest BCUT2D eigenvalue weighted by molar-refractivity contribution is 5.83. The number of carbonyl (C=O) groups excluding carboxylic acids is 1. The maximum Gasteiger partial charge on any atom is 0.241 e. The van der Waals surface area contributed by atoms with E-state index < -0.39 is 0 Å². The number of anilines is 2. The van der Waals surface area contributed by atoms with Crippen LogP contribution in [0.2, 0.25) is 0 Å². The number of hydrogen-bond donors (Lipinski definition) is 3. The number of imidazole rings is 1. The molecular formula is C12H17N5O. The van der Waals surface area contributed by atoms with E-state index in [9.17, 15) is 4.79 Å². The predicted octanol–water partition coefficient (Wildman–Crippen LogP) is 1.04. The van der Waals surface area contributed by atoms with E-state index in [2.05, 4.69) is 15.3 Å². The van der Waals surface area contributed by atoms with Gasteiger partial charge in [-0.05, 0) is 25.1 Å². The highest BCUT2D eigenvalue weighted by atomic mass is 16.2. The van der Waals surface area contributed by atoms with Gasteiger partial charge in [-0.25, -0.2) is 4.98 Å². The minimum atomic E-state index is 0.0254. The van der Waals surface area contributed by atoms with Crippen molar-refractivity contribution in [2.45, 2.75) is 6.92 Å². The van der Waals surface area contributed by atoms with Gasteiger partial charge in [-0.1, -0.05) is 0 Å². The Balaban J connectivity index is 2.06. The van der Waals surface area contributed by atoms with E-state index in [1.165, 1.54) is 0 Å². The maximum atomic E-state index is 11.6. The lowest BCUT2D eigenvalue weighted by Crippen LogP contribution is -2.32. The van der Waals surface area contributed by atoms with Crippen molar-refractivity contribution in [1.29, 1.82) is 0 Å². The van der Waals surface area contributed by atoms with Crippen LogP contribution in [0, 0.1) is 0 Å². The Morgan fingerprint density at radius 3 is 3.06 bits per heavy atom. The lowest BCUT2D eigenvalue weighted by Gasteiger charge is -2.14. The zero-order chi connectivity index (χ0) is 13.1. The van der Waals surface area contributed by atoms with Crippen LogP contribution in [-0.4, -0.2) is 40.9 Å². The summed E-state index contributed by atoms with van der Waals surface area (Å²) in [5, 5.41) is 2.97. The zero-order valence-corrected chi connectivity index (χ0v) is 10.5. The van der Waals surface area contributed by atoms with Gasteiger partial charge in [0.2, 0.25) is 11.9 Å². The number of benzene rings is 1. The Morgan fingerprint density at radius 2 is 2.33 bits per heavy atom. The summed E-state index contributed by atoms with van der Waals surface area (Å²) in [6.45, 7) is 2.85. The number of rotatable bonds is 4. The Hall–Kier alpha value is -2.24. The molecule has 0 unspecified atom stereocenters. The monoisotopic (exact) mass is 247 g/mol. The largest absolute Gasteiger partial charge is 0.399 e. The van der Waals surface area contributed by atoms with Crippen LogP contribution in [-0.2, 0) is 4.79 Å². The highest BCUT2D eigenvalue weighted by Crippen LogP contribution is 2.16.